The Kier molecular flexibility index (Phi) is 4.42. The fraction of sp³-hybridized carbons (Fsp3) is 0.250. The Hall–Kier alpha value is -2.56. The summed E-state index contributed by atoms with van der Waals surface area (Å²) in [7, 11) is 3.35. The molecule has 5 heteroatoms. The fourth-order valence-electron chi connectivity index (χ4n) is 2.08. The van der Waals surface area contributed by atoms with Crippen molar-refractivity contribution in [2.45, 2.75) is 13.5 Å². The minimum atomic E-state index is -0.150. The third-order valence-electron chi connectivity index (χ3n) is 3.20. The van der Waals surface area contributed by atoms with Crippen LogP contribution in [0.5, 0.6) is 5.75 Å². The second-order valence-electron chi connectivity index (χ2n) is 4.93. The predicted molar refractivity (Wildman–Crippen MR) is 82.2 cm³/mol. The summed E-state index contributed by atoms with van der Waals surface area (Å²) < 4.78 is 5.18. The highest BCUT2D eigenvalue weighted by atomic mass is 16.5. The first kappa shape index (κ1) is 14.8. The van der Waals surface area contributed by atoms with Crippen LogP contribution in [0.2, 0.25) is 0 Å². The Morgan fingerprint density at radius 2 is 2.14 bits per heavy atom. The van der Waals surface area contributed by atoms with Crippen LogP contribution in [0, 0.1) is 6.92 Å². The maximum absolute atomic E-state index is 12.4. The van der Waals surface area contributed by atoms with Crippen molar-refractivity contribution in [3.63, 3.8) is 0 Å². The molecule has 0 unspecified atom stereocenters. The van der Waals surface area contributed by atoms with E-state index in [9.17, 15) is 4.79 Å². The molecule has 0 aliphatic heterocycles. The number of amides is 1. The number of anilines is 1. The molecule has 2 aromatic rings. The number of carbonyl (C=O) groups is 1. The van der Waals surface area contributed by atoms with Crippen LogP contribution in [0.4, 0.5) is 5.69 Å². The smallest absolute Gasteiger partial charge is 0.257 e. The topological polar surface area (TPSA) is 68.5 Å². The van der Waals surface area contributed by atoms with Crippen molar-refractivity contribution in [3.8, 4) is 5.75 Å². The lowest BCUT2D eigenvalue weighted by Crippen LogP contribution is -2.27. The molecule has 0 saturated heterocycles. The minimum Gasteiger partial charge on any atom is -0.497 e. The summed E-state index contributed by atoms with van der Waals surface area (Å²) in [5.74, 6) is 0.618. The molecule has 0 bridgehead atoms. The molecular weight excluding hydrogens is 266 g/mol. The van der Waals surface area contributed by atoms with Crippen molar-refractivity contribution in [1.82, 2.24) is 9.88 Å². The van der Waals surface area contributed by atoms with Crippen molar-refractivity contribution in [3.05, 3.63) is 53.3 Å². The van der Waals surface area contributed by atoms with Crippen molar-refractivity contribution < 1.29 is 9.53 Å². The van der Waals surface area contributed by atoms with Crippen LogP contribution in [0.25, 0.3) is 0 Å². The molecule has 0 spiro atoms. The van der Waals surface area contributed by atoms with E-state index in [1.165, 1.54) is 6.20 Å². The number of rotatable bonds is 4. The molecule has 0 atom stereocenters. The molecular formula is C16H19N3O2. The lowest BCUT2D eigenvalue weighted by Gasteiger charge is -2.18. The Labute approximate surface area is 124 Å². The molecule has 2 rings (SSSR count). The van der Waals surface area contributed by atoms with E-state index in [-0.39, 0.29) is 5.91 Å². The monoisotopic (exact) mass is 285 g/mol. The van der Waals surface area contributed by atoms with Gasteiger partial charge in [-0.1, -0.05) is 12.1 Å². The number of aromatic nitrogens is 1. The van der Waals surface area contributed by atoms with Gasteiger partial charge in [0.05, 0.1) is 12.7 Å². The van der Waals surface area contributed by atoms with E-state index in [4.69, 9.17) is 10.5 Å². The SMILES string of the molecule is COc1cccc(CN(C)C(=O)c2cnc(C)cc2N)c1. The quantitative estimate of drug-likeness (QED) is 0.935. The molecule has 1 amide bonds. The van der Waals surface area contributed by atoms with Crippen molar-refractivity contribution in [2.24, 2.45) is 0 Å². The Bertz CT molecular complexity index is 656. The highest BCUT2D eigenvalue weighted by Gasteiger charge is 2.15. The molecule has 1 aromatic heterocycles. The Morgan fingerprint density at radius 3 is 2.81 bits per heavy atom. The highest BCUT2D eigenvalue weighted by Crippen LogP contribution is 2.17. The van der Waals surface area contributed by atoms with Gasteiger partial charge in [-0.25, -0.2) is 0 Å². The molecule has 1 aromatic carbocycles. The van der Waals surface area contributed by atoms with E-state index in [2.05, 4.69) is 4.98 Å². The van der Waals surface area contributed by atoms with Gasteiger partial charge in [-0.3, -0.25) is 9.78 Å². The van der Waals surface area contributed by atoms with Crippen LogP contribution in [-0.2, 0) is 6.54 Å². The van der Waals surface area contributed by atoms with Gasteiger partial charge in [0.1, 0.15) is 5.75 Å². The number of aryl methyl sites for hydroxylation is 1. The van der Waals surface area contributed by atoms with Crippen molar-refractivity contribution in [2.75, 3.05) is 19.9 Å². The zero-order valence-corrected chi connectivity index (χ0v) is 12.5. The van der Waals surface area contributed by atoms with Crippen LogP contribution in [0.3, 0.4) is 0 Å². The maximum atomic E-state index is 12.4. The number of methoxy groups -OCH3 is 1. The molecule has 0 fully saturated rings. The standard InChI is InChI=1S/C16H19N3O2/c1-11-7-15(17)14(9-18-11)16(20)19(2)10-12-5-4-6-13(8-12)21-3/h4-9H,10H2,1-3H3,(H2,17,18). The third-order valence-corrected chi connectivity index (χ3v) is 3.20. The second kappa shape index (κ2) is 6.26. The summed E-state index contributed by atoms with van der Waals surface area (Å²) in [6, 6.07) is 9.32. The molecule has 1 heterocycles. The number of nitrogens with two attached hydrogens (primary N) is 1. The van der Waals surface area contributed by atoms with Gasteiger partial charge in [-0.05, 0) is 30.7 Å². The highest BCUT2D eigenvalue weighted by molar-refractivity contribution is 5.98. The number of benzene rings is 1. The number of hydrogen-bond donors (Lipinski definition) is 1. The number of nitrogens with zero attached hydrogens (tertiary/aromatic N) is 2. The first-order valence-electron chi connectivity index (χ1n) is 6.61. The lowest BCUT2D eigenvalue weighted by molar-refractivity contribution is 0.0785. The maximum Gasteiger partial charge on any atom is 0.257 e. The number of nitrogen functional groups attached to an aromatic ring is 1. The van der Waals surface area contributed by atoms with Crippen LogP contribution in [0.15, 0.2) is 36.5 Å². The minimum absolute atomic E-state index is 0.150. The van der Waals surface area contributed by atoms with E-state index in [0.29, 0.717) is 17.8 Å². The lowest BCUT2D eigenvalue weighted by atomic mass is 10.1. The third kappa shape index (κ3) is 3.51. The molecule has 0 saturated carbocycles. The van der Waals surface area contributed by atoms with E-state index in [1.54, 1.807) is 25.1 Å². The molecule has 5 nitrogen and oxygen atoms in total. The summed E-state index contributed by atoms with van der Waals surface area (Å²) in [6.45, 7) is 2.31. The van der Waals surface area contributed by atoms with E-state index in [0.717, 1.165) is 17.0 Å². The van der Waals surface area contributed by atoms with Gasteiger partial charge < -0.3 is 15.4 Å². The zero-order chi connectivity index (χ0) is 15.4. The van der Waals surface area contributed by atoms with Gasteiger partial charge in [-0.15, -0.1) is 0 Å². The number of pyridine rings is 1. The zero-order valence-electron chi connectivity index (χ0n) is 12.5. The number of hydrogen-bond acceptors (Lipinski definition) is 4. The van der Waals surface area contributed by atoms with E-state index in [1.807, 2.05) is 31.2 Å². The van der Waals surface area contributed by atoms with Gasteiger partial charge in [0.2, 0.25) is 0 Å². The summed E-state index contributed by atoms with van der Waals surface area (Å²) in [5, 5.41) is 0. The van der Waals surface area contributed by atoms with Crippen molar-refractivity contribution >= 4 is 11.6 Å². The number of ether oxygens (including phenoxy) is 1. The van der Waals surface area contributed by atoms with Gasteiger partial charge in [0, 0.05) is 31.2 Å². The predicted octanol–water partition coefficient (Wildman–Crippen LogP) is 2.25. The summed E-state index contributed by atoms with van der Waals surface area (Å²) in [6.07, 6.45) is 1.52. The number of carbonyl (C=O) groups excluding carboxylic acids is 1. The summed E-state index contributed by atoms with van der Waals surface area (Å²) >= 11 is 0. The largest absolute Gasteiger partial charge is 0.497 e. The van der Waals surface area contributed by atoms with Crippen LogP contribution >= 0.6 is 0 Å². The summed E-state index contributed by atoms with van der Waals surface area (Å²) in [5.41, 5.74) is 8.54. The van der Waals surface area contributed by atoms with Crippen LogP contribution in [-0.4, -0.2) is 29.9 Å². The molecule has 110 valence electrons. The molecule has 2 N–H and O–H groups in total. The first-order valence-corrected chi connectivity index (χ1v) is 6.61. The van der Waals surface area contributed by atoms with Gasteiger partial charge >= 0.3 is 0 Å². The average Bonchev–Trinajstić information content (AvgIpc) is 2.46. The summed E-state index contributed by atoms with van der Waals surface area (Å²) in [4.78, 5) is 18.1. The van der Waals surface area contributed by atoms with Crippen LogP contribution < -0.4 is 10.5 Å². The van der Waals surface area contributed by atoms with Crippen molar-refractivity contribution in [1.29, 1.82) is 0 Å². The van der Waals surface area contributed by atoms with E-state index >= 15 is 0 Å². The molecule has 0 radical (unpaired) electrons. The molecule has 0 aliphatic carbocycles. The van der Waals surface area contributed by atoms with E-state index < -0.39 is 0 Å². The van der Waals surface area contributed by atoms with Crippen LogP contribution in [0.1, 0.15) is 21.6 Å². The second-order valence-corrected chi connectivity index (χ2v) is 4.93. The van der Waals surface area contributed by atoms with Gasteiger partial charge in [0.25, 0.3) is 5.91 Å². The molecule has 0 aliphatic rings. The first-order chi connectivity index (χ1) is 10.0. The van der Waals surface area contributed by atoms with Gasteiger partial charge in [-0.2, -0.15) is 0 Å². The Morgan fingerprint density at radius 1 is 1.38 bits per heavy atom. The Balaban J connectivity index is 2.15. The fourth-order valence-corrected chi connectivity index (χ4v) is 2.08. The molecule has 21 heavy (non-hydrogen) atoms. The average molecular weight is 285 g/mol. The van der Waals surface area contributed by atoms with Gasteiger partial charge in [0.15, 0.2) is 0 Å². The normalized spacial score (nSPS) is 10.2.